The molecule has 0 aromatic rings. The second-order valence-electron chi connectivity index (χ2n) is 8.67. The number of thioether (sulfide) groups is 1. The lowest BCUT2D eigenvalue weighted by molar-refractivity contribution is -0.143. The molecule has 1 saturated heterocycles. The molecule has 1 aliphatic heterocycles. The number of nitrogens with zero attached hydrogens (tertiary/aromatic N) is 1. The van der Waals surface area contributed by atoms with Crippen molar-refractivity contribution < 1.29 is 29.1 Å². The third-order valence-electron chi connectivity index (χ3n) is 5.42. The molecule has 1 aliphatic rings. The summed E-state index contributed by atoms with van der Waals surface area (Å²) in [5.41, 5.74) is 11.0. The number of hydrogen-bond donors (Lipinski definition) is 5. The van der Waals surface area contributed by atoms with Crippen LogP contribution in [0.5, 0.6) is 0 Å². The monoisotopic (exact) mass is 487 g/mol. The van der Waals surface area contributed by atoms with Crippen LogP contribution in [-0.2, 0) is 24.0 Å². The Morgan fingerprint density at radius 2 is 1.79 bits per heavy atom. The van der Waals surface area contributed by atoms with Gasteiger partial charge in [-0.1, -0.05) is 13.8 Å². The molecule has 11 nitrogen and oxygen atoms in total. The van der Waals surface area contributed by atoms with Crippen LogP contribution in [0, 0.1) is 5.92 Å². The highest BCUT2D eigenvalue weighted by Gasteiger charge is 2.38. The molecule has 0 radical (unpaired) electrons. The van der Waals surface area contributed by atoms with E-state index in [2.05, 4.69) is 10.6 Å². The Balaban J connectivity index is 2.87. The molecule has 33 heavy (non-hydrogen) atoms. The van der Waals surface area contributed by atoms with Crippen molar-refractivity contribution in [2.45, 2.75) is 76.5 Å². The minimum atomic E-state index is -1.13. The summed E-state index contributed by atoms with van der Waals surface area (Å²) in [5.74, 6) is -2.58. The Labute approximate surface area is 198 Å². The van der Waals surface area contributed by atoms with E-state index in [1.165, 1.54) is 16.7 Å². The molecule has 7 N–H and O–H groups in total. The Morgan fingerprint density at radius 3 is 2.33 bits per heavy atom. The van der Waals surface area contributed by atoms with E-state index in [1.807, 2.05) is 20.1 Å². The molecule has 1 fully saturated rings. The smallest absolute Gasteiger partial charge is 0.326 e. The summed E-state index contributed by atoms with van der Waals surface area (Å²) >= 11 is 1.47. The third-order valence-corrected chi connectivity index (χ3v) is 6.07. The number of likely N-dealkylation sites (tertiary alicyclic amines) is 1. The molecule has 4 atom stereocenters. The van der Waals surface area contributed by atoms with Crippen molar-refractivity contribution in [3.8, 4) is 0 Å². The lowest BCUT2D eigenvalue weighted by atomic mass is 10.0. The van der Waals surface area contributed by atoms with E-state index in [9.17, 15) is 29.1 Å². The average molecular weight is 488 g/mol. The van der Waals surface area contributed by atoms with Gasteiger partial charge in [0.25, 0.3) is 0 Å². The number of carboxylic acid groups (broad SMARTS) is 1. The van der Waals surface area contributed by atoms with Gasteiger partial charge in [-0.3, -0.25) is 19.2 Å². The van der Waals surface area contributed by atoms with Crippen molar-refractivity contribution in [2.24, 2.45) is 17.4 Å². The van der Waals surface area contributed by atoms with E-state index in [4.69, 9.17) is 11.5 Å². The summed E-state index contributed by atoms with van der Waals surface area (Å²) in [6.45, 7) is 4.12. The zero-order valence-electron chi connectivity index (χ0n) is 19.5. The molecule has 188 valence electrons. The van der Waals surface area contributed by atoms with Crippen LogP contribution in [0.3, 0.4) is 0 Å². The number of aliphatic carboxylic acids is 1. The number of carbonyl (C=O) groups excluding carboxylic acids is 4. The van der Waals surface area contributed by atoms with E-state index < -0.39 is 53.8 Å². The normalized spacial score (nSPS) is 18.5. The number of primary amides is 1. The fraction of sp³-hybridized carbons (Fsp3) is 0.762. The molecule has 0 saturated carbocycles. The van der Waals surface area contributed by atoms with Crippen molar-refractivity contribution in [1.29, 1.82) is 0 Å². The molecule has 0 aliphatic carbocycles. The topological polar surface area (TPSA) is 185 Å². The maximum absolute atomic E-state index is 13.0. The number of amides is 4. The molecule has 1 rings (SSSR count). The lowest BCUT2D eigenvalue weighted by Crippen LogP contribution is -2.57. The highest BCUT2D eigenvalue weighted by Crippen LogP contribution is 2.20. The fourth-order valence-electron chi connectivity index (χ4n) is 3.67. The number of carboxylic acids is 1. The molecule has 0 aromatic carbocycles. The van der Waals surface area contributed by atoms with Gasteiger partial charge in [0.05, 0.1) is 6.04 Å². The van der Waals surface area contributed by atoms with Gasteiger partial charge in [-0.25, -0.2) is 4.79 Å². The predicted molar refractivity (Wildman–Crippen MR) is 125 cm³/mol. The Hall–Kier alpha value is -2.34. The summed E-state index contributed by atoms with van der Waals surface area (Å²) in [4.78, 5) is 62.4. The number of hydrogen-bond acceptors (Lipinski definition) is 7. The second kappa shape index (κ2) is 14.0. The Bertz CT molecular complexity index is 719. The fourth-order valence-corrected chi connectivity index (χ4v) is 4.14. The van der Waals surface area contributed by atoms with Gasteiger partial charge in [-0.15, -0.1) is 0 Å². The van der Waals surface area contributed by atoms with Crippen molar-refractivity contribution >= 4 is 41.4 Å². The van der Waals surface area contributed by atoms with Crippen molar-refractivity contribution in [2.75, 3.05) is 18.6 Å². The highest BCUT2D eigenvalue weighted by atomic mass is 32.2. The zero-order valence-corrected chi connectivity index (χ0v) is 20.4. The summed E-state index contributed by atoms with van der Waals surface area (Å²) in [5, 5.41) is 14.6. The van der Waals surface area contributed by atoms with Crippen molar-refractivity contribution in [1.82, 2.24) is 15.5 Å². The van der Waals surface area contributed by atoms with Crippen LogP contribution >= 0.6 is 11.8 Å². The SMILES string of the molecule is CSCCC(NC(=O)C(CC(C)C)NC(=O)C1CCCN1C(=O)C(N)CCC(N)=O)C(=O)O. The van der Waals surface area contributed by atoms with Crippen LogP contribution in [0.1, 0.15) is 52.4 Å². The Kier molecular flexibility index (Phi) is 12.2. The minimum Gasteiger partial charge on any atom is -0.480 e. The number of carbonyl (C=O) groups is 5. The first kappa shape index (κ1) is 28.7. The van der Waals surface area contributed by atoms with E-state index in [0.717, 1.165) is 0 Å². The van der Waals surface area contributed by atoms with Gasteiger partial charge in [0.15, 0.2) is 0 Å². The molecule has 1 heterocycles. The van der Waals surface area contributed by atoms with Gasteiger partial charge in [-0.05, 0) is 50.0 Å². The van der Waals surface area contributed by atoms with Gasteiger partial charge in [0.2, 0.25) is 23.6 Å². The van der Waals surface area contributed by atoms with Gasteiger partial charge in [0.1, 0.15) is 18.1 Å². The first-order valence-corrected chi connectivity index (χ1v) is 12.5. The Morgan fingerprint density at radius 1 is 1.12 bits per heavy atom. The first-order chi connectivity index (χ1) is 15.5. The summed E-state index contributed by atoms with van der Waals surface area (Å²) in [6.07, 6.45) is 3.49. The minimum absolute atomic E-state index is 0.0322. The van der Waals surface area contributed by atoms with E-state index in [1.54, 1.807) is 0 Å². The van der Waals surface area contributed by atoms with E-state index in [0.29, 0.717) is 31.6 Å². The first-order valence-electron chi connectivity index (χ1n) is 11.1. The standard InChI is InChI=1S/C21H37N5O6S/c1-12(2)11-15(18(28)24-14(21(31)32)8-10-33-3)25-19(29)16-5-4-9-26(16)20(30)13(22)6-7-17(23)27/h12-16H,4-11,22H2,1-3H3,(H2,23,27)(H,24,28)(H,25,29)(H,31,32). The third kappa shape index (κ3) is 9.58. The van der Waals surface area contributed by atoms with Crippen LogP contribution < -0.4 is 22.1 Å². The molecule has 0 bridgehead atoms. The van der Waals surface area contributed by atoms with Gasteiger partial charge in [0, 0.05) is 13.0 Å². The molecule has 12 heteroatoms. The molecule has 4 amide bonds. The highest BCUT2D eigenvalue weighted by molar-refractivity contribution is 7.98. The number of nitrogens with one attached hydrogen (secondary N) is 2. The largest absolute Gasteiger partial charge is 0.480 e. The molecule has 0 aromatic heterocycles. The van der Waals surface area contributed by atoms with Crippen molar-refractivity contribution in [3.05, 3.63) is 0 Å². The quantitative estimate of drug-likeness (QED) is 0.215. The second-order valence-corrected chi connectivity index (χ2v) is 9.66. The maximum atomic E-state index is 13.0. The van der Waals surface area contributed by atoms with Crippen LogP contribution in [0.25, 0.3) is 0 Å². The van der Waals surface area contributed by atoms with Gasteiger partial charge in [-0.2, -0.15) is 11.8 Å². The number of rotatable bonds is 14. The van der Waals surface area contributed by atoms with Gasteiger partial charge >= 0.3 is 5.97 Å². The maximum Gasteiger partial charge on any atom is 0.326 e. The molecule has 4 unspecified atom stereocenters. The summed E-state index contributed by atoms with van der Waals surface area (Å²) < 4.78 is 0. The van der Waals surface area contributed by atoms with Crippen LogP contribution in [0.4, 0.5) is 0 Å². The summed E-state index contributed by atoms with van der Waals surface area (Å²) in [7, 11) is 0. The summed E-state index contributed by atoms with van der Waals surface area (Å²) in [6, 6.07) is -3.72. The number of nitrogens with two attached hydrogens (primary N) is 2. The predicted octanol–water partition coefficient (Wildman–Crippen LogP) is -0.576. The van der Waals surface area contributed by atoms with E-state index in [-0.39, 0.29) is 25.2 Å². The average Bonchev–Trinajstić information content (AvgIpc) is 3.23. The van der Waals surface area contributed by atoms with Crippen LogP contribution in [-0.4, -0.2) is 82.3 Å². The lowest BCUT2D eigenvalue weighted by Gasteiger charge is -2.29. The molecule has 0 spiro atoms. The van der Waals surface area contributed by atoms with Crippen LogP contribution in [0.15, 0.2) is 0 Å². The zero-order chi connectivity index (χ0) is 25.1. The van der Waals surface area contributed by atoms with E-state index >= 15 is 0 Å². The van der Waals surface area contributed by atoms with Crippen molar-refractivity contribution in [3.63, 3.8) is 0 Å². The molecular formula is C21H37N5O6S. The van der Waals surface area contributed by atoms with Crippen LogP contribution in [0.2, 0.25) is 0 Å². The van der Waals surface area contributed by atoms with Gasteiger partial charge < -0.3 is 32.1 Å². The molecular weight excluding hydrogens is 450 g/mol.